The number of carbonyl (C=O) groups is 2. The molecule has 0 unspecified atom stereocenters. The topological polar surface area (TPSA) is 83.1 Å². The maximum Gasteiger partial charge on any atom is 0.338 e. The van der Waals surface area contributed by atoms with E-state index in [0.29, 0.717) is 30.5 Å². The molecule has 0 radical (unpaired) electrons. The van der Waals surface area contributed by atoms with E-state index in [1.165, 1.54) is 26.0 Å². The van der Waals surface area contributed by atoms with Gasteiger partial charge in [-0.3, -0.25) is 4.79 Å². The van der Waals surface area contributed by atoms with Gasteiger partial charge in [0.25, 0.3) is 5.91 Å². The molecule has 7 nitrogen and oxygen atoms in total. The molecular formula is C19H25NO6. The standard InChI is InChI=1S/C19H25NO6/c1-23-15-10-13(11-16-18(15)25-9-8-24-16)19(22)26-12-17(21)20-14-6-4-2-3-5-7-14/h10-11,14H,2-9,12H2,1H3,(H,20,21). The van der Waals surface area contributed by atoms with Gasteiger partial charge in [0.1, 0.15) is 13.2 Å². The zero-order valence-electron chi connectivity index (χ0n) is 15.0. The van der Waals surface area contributed by atoms with Crippen LogP contribution in [0.25, 0.3) is 0 Å². The van der Waals surface area contributed by atoms with Crippen molar-refractivity contribution in [1.82, 2.24) is 5.32 Å². The molecular weight excluding hydrogens is 338 g/mol. The van der Waals surface area contributed by atoms with Crippen molar-refractivity contribution in [2.24, 2.45) is 0 Å². The third-order valence-electron chi connectivity index (χ3n) is 4.62. The quantitative estimate of drug-likeness (QED) is 0.639. The molecule has 0 saturated heterocycles. The highest BCUT2D eigenvalue weighted by molar-refractivity contribution is 5.92. The number of hydrogen-bond donors (Lipinski definition) is 1. The van der Waals surface area contributed by atoms with Crippen molar-refractivity contribution in [3.8, 4) is 17.2 Å². The van der Waals surface area contributed by atoms with Crippen molar-refractivity contribution in [3.63, 3.8) is 0 Å². The molecule has 1 amide bonds. The average molecular weight is 363 g/mol. The first-order chi connectivity index (χ1) is 12.7. The summed E-state index contributed by atoms with van der Waals surface area (Å²) in [5.41, 5.74) is 0.258. The van der Waals surface area contributed by atoms with E-state index in [-0.39, 0.29) is 24.1 Å². The Morgan fingerprint density at radius 3 is 2.58 bits per heavy atom. The number of benzene rings is 1. The molecule has 0 spiro atoms. The van der Waals surface area contributed by atoms with Crippen LogP contribution in [0.1, 0.15) is 48.9 Å². The maximum absolute atomic E-state index is 12.3. The van der Waals surface area contributed by atoms with E-state index in [9.17, 15) is 9.59 Å². The summed E-state index contributed by atoms with van der Waals surface area (Å²) < 4.78 is 21.4. The zero-order valence-corrected chi connectivity index (χ0v) is 15.0. The van der Waals surface area contributed by atoms with Gasteiger partial charge in [0.15, 0.2) is 18.1 Å². The average Bonchev–Trinajstić information content (AvgIpc) is 2.93. The Kier molecular flexibility index (Phi) is 6.20. The second-order valence-electron chi connectivity index (χ2n) is 6.53. The van der Waals surface area contributed by atoms with Gasteiger partial charge in [-0.15, -0.1) is 0 Å². The van der Waals surface area contributed by atoms with Gasteiger partial charge in [-0.25, -0.2) is 4.79 Å². The molecule has 26 heavy (non-hydrogen) atoms. The van der Waals surface area contributed by atoms with Crippen molar-refractivity contribution in [2.75, 3.05) is 26.9 Å². The van der Waals surface area contributed by atoms with Crippen LogP contribution in [0.5, 0.6) is 17.2 Å². The first-order valence-electron chi connectivity index (χ1n) is 9.11. The Labute approximate surface area is 152 Å². The number of esters is 1. The molecule has 1 fully saturated rings. The maximum atomic E-state index is 12.3. The van der Waals surface area contributed by atoms with Crippen molar-refractivity contribution in [2.45, 2.75) is 44.6 Å². The first-order valence-corrected chi connectivity index (χ1v) is 9.11. The summed E-state index contributed by atoms with van der Waals surface area (Å²) in [6.45, 7) is 0.527. The van der Waals surface area contributed by atoms with E-state index in [1.54, 1.807) is 6.07 Å². The summed E-state index contributed by atoms with van der Waals surface area (Å²) in [6.07, 6.45) is 6.65. The minimum absolute atomic E-state index is 0.179. The molecule has 2 aliphatic rings. The predicted octanol–water partition coefficient (Wildman–Crippen LogP) is 2.46. The fraction of sp³-hybridized carbons (Fsp3) is 0.579. The van der Waals surface area contributed by atoms with Gasteiger partial charge in [0, 0.05) is 6.04 Å². The Balaban J connectivity index is 1.56. The lowest BCUT2D eigenvalue weighted by atomic mass is 10.1. The summed E-state index contributed by atoms with van der Waals surface area (Å²) in [5.74, 6) is 0.440. The predicted molar refractivity (Wildman–Crippen MR) is 93.9 cm³/mol. The molecule has 1 saturated carbocycles. The van der Waals surface area contributed by atoms with Gasteiger partial charge in [-0.05, 0) is 25.0 Å². The molecule has 1 aliphatic carbocycles. The number of rotatable bonds is 5. The highest BCUT2D eigenvalue weighted by Crippen LogP contribution is 2.40. The SMILES string of the molecule is COc1cc(C(=O)OCC(=O)NC2CCCCCC2)cc2c1OCCO2. The van der Waals surface area contributed by atoms with Gasteiger partial charge in [-0.2, -0.15) is 0 Å². The van der Waals surface area contributed by atoms with E-state index < -0.39 is 5.97 Å². The Hall–Kier alpha value is -2.44. The van der Waals surface area contributed by atoms with E-state index in [2.05, 4.69) is 5.32 Å². The van der Waals surface area contributed by atoms with Crippen molar-refractivity contribution in [1.29, 1.82) is 0 Å². The van der Waals surface area contributed by atoms with Gasteiger partial charge in [0.05, 0.1) is 12.7 Å². The van der Waals surface area contributed by atoms with Crippen LogP contribution in [0.4, 0.5) is 0 Å². The van der Waals surface area contributed by atoms with Crippen LogP contribution >= 0.6 is 0 Å². The number of methoxy groups -OCH3 is 1. The Morgan fingerprint density at radius 2 is 1.85 bits per heavy atom. The third-order valence-corrected chi connectivity index (χ3v) is 4.62. The lowest BCUT2D eigenvalue weighted by Crippen LogP contribution is -2.37. The van der Waals surface area contributed by atoms with Gasteiger partial charge >= 0.3 is 5.97 Å². The normalized spacial score (nSPS) is 17.1. The summed E-state index contributed by atoms with van der Waals surface area (Å²) in [6, 6.07) is 3.25. The van der Waals surface area contributed by atoms with Crippen LogP contribution in [-0.4, -0.2) is 44.8 Å². The highest BCUT2D eigenvalue weighted by atomic mass is 16.6. The fourth-order valence-corrected chi connectivity index (χ4v) is 3.30. The third kappa shape index (κ3) is 4.59. The van der Waals surface area contributed by atoms with Crippen LogP contribution in [0, 0.1) is 0 Å². The lowest BCUT2D eigenvalue weighted by Gasteiger charge is -2.21. The van der Waals surface area contributed by atoms with Gasteiger partial charge in [-0.1, -0.05) is 25.7 Å². The summed E-state index contributed by atoms with van der Waals surface area (Å²) in [7, 11) is 1.49. The van der Waals surface area contributed by atoms with E-state index in [0.717, 1.165) is 25.7 Å². The molecule has 7 heteroatoms. The number of carbonyl (C=O) groups excluding carboxylic acids is 2. The number of hydrogen-bond acceptors (Lipinski definition) is 6. The van der Waals surface area contributed by atoms with E-state index >= 15 is 0 Å². The van der Waals surface area contributed by atoms with Crippen molar-refractivity contribution >= 4 is 11.9 Å². The minimum Gasteiger partial charge on any atom is -0.493 e. The number of fused-ring (bicyclic) bond motifs is 1. The molecule has 0 aromatic heterocycles. The van der Waals surface area contributed by atoms with Crippen LogP contribution in [-0.2, 0) is 9.53 Å². The molecule has 1 N–H and O–H groups in total. The minimum atomic E-state index is -0.601. The fourth-order valence-electron chi connectivity index (χ4n) is 3.30. The largest absolute Gasteiger partial charge is 0.493 e. The number of amides is 1. The highest BCUT2D eigenvalue weighted by Gasteiger charge is 2.22. The van der Waals surface area contributed by atoms with Crippen molar-refractivity contribution < 1.29 is 28.5 Å². The number of nitrogens with one attached hydrogen (secondary N) is 1. The summed E-state index contributed by atoms with van der Waals surface area (Å²) in [4.78, 5) is 24.4. The molecule has 1 heterocycles. The van der Waals surface area contributed by atoms with E-state index in [4.69, 9.17) is 18.9 Å². The van der Waals surface area contributed by atoms with Crippen LogP contribution in [0.3, 0.4) is 0 Å². The molecule has 1 aromatic carbocycles. The monoisotopic (exact) mass is 363 g/mol. The Bertz CT molecular complexity index is 634. The van der Waals surface area contributed by atoms with E-state index in [1.807, 2.05) is 0 Å². The van der Waals surface area contributed by atoms with Gasteiger partial charge in [0.2, 0.25) is 5.75 Å². The molecule has 1 aliphatic heterocycles. The molecule has 1 aromatic rings. The molecule has 0 bridgehead atoms. The van der Waals surface area contributed by atoms with Gasteiger partial charge < -0.3 is 24.3 Å². The second-order valence-corrected chi connectivity index (χ2v) is 6.53. The molecule has 0 atom stereocenters. The molecule has 3 rings (SSSR count). The summed E-state index contributed by atoms with van der Waals surface area (Å²) in [5, 5.41) is 2.95. The van der Waals surface area contributed by atoms with Crippen molar-refractivity contribution in [3.05, 3.63) is 17.7 Å². The number of ether oxygens (including phenoxy) is 4. The summed E-state index contributed by atoms with van der Waals surface area (Å²) >= 11 is 0. The zero-order chi connectivity index (χ0) is 18.4. The first kappa shape index (κ1) is 18.4. The van der Waals surface area contributed by atoms with Crippen LogP contribution in [0.15, 0.2) is 12.1 Å². The Morgan fingerprint density at radius 1 is 1.12 bits per heavy atom. The van der Waals surface area contributed by atoms with Crippen LogP contribution in [0.2, 0.25) is 0 Å². The smallest absolute Gasteiger partial charge is 0.338 e. The lowest BCUT2D eigenvalue weighted by molar-refractivity contribution is -0.125. The second kappa shape index (κ2) is 8.78. The van der Waals surface area contributed by atoms with Crippen LogP contribution < -0.4 is 19.5 Å². The molecule has 142 valence electrons.